The third-order valence-corrected chi connectivity index (χ3v) is 4.03. The average molecular weight is 305 g/mol. The van der Waals surface area contributed by atoms with Gasteiger partial charge in [0.25, 0.3) is 0 Å². The highest BCUT2D eigenvalue weighted by Crippen LogP contribution is 2.33. The largest absolute Gasteiger partial charge is 0.478 e. The Labute approximate surface area is 127 Å². The molecule has 0 aliphatic carbocycles. The Bertz CT molecular complexity index is 643. The van der Waals surface area contributed by atoms with E-state index in [1.807, 2.05) is 13.0 Å². The zero-order chi connectivity index (χ0) is 15.4. The fourth-order valence-corrected chi connectivity index (χ4v) is 2.92. The van der Waals surface area contributed by atoms with Crippen LogP contribution in [0.2, 0.25) is 0 Å². The van der Waals surface area contributed by atoms with Gasteiger partial charge in [-0.05, 0) is 42.2 Å². The number of nitrogens with zero attached hydrogens (tertiary/aromatic N) is 1. The number of carboxylic acid groups (broad SMARTS) is 1. The zero-order valence-electron chi connectivity index (χ0n) is 11.8. The number of hydrogen-bond donors (Lipinski definition) is 1. The quantitative estimate of drug-likeness (QED) is 0.831. The van der Waals surface area contributed by atoms with Gasteiger partial charge in [0.05, 0.1) is 11.3 Å². The van der Waals surface area contributed by atoms with Crippen molar-refractivity contribution in [3.63, 3.8) is 0 Å². The maximum atomic E-state index is 13.0. The van der Waals surface area contributed by atoms with Gasteiger partial charge in [-0.3, -0.25) is 0 Å². The molecule has 2 rings (SSSR count). The number of halogens is 1. The Morgan fingerprint density at radius 3 is 2.48 bits per heavy atom. The molecule has 5 heteroatoms. The average Bonchev–Trinajstić information content (AvgIpc) is 2.47. The number of benzene rings is 2. The Hall–Kier alpha value is -2.01. The van der Waals surface area contributed by atoms with Gasteiger partial charge in [0.15, 0.2) is 0 Å². The zero-order valence-corrected chi connectivity index (χ0v) is 12.7. The molecule has 2 aromatic rings. The van der Waals surface area contributed by atoms with E-state index < -0.39 is 5.97 Å². The predicted octanol–water partition coefficient (Wildman–Crippen LogP) is 4.40. The molecule has 21 heavy (non-hydrogen) atoms. The molecule has 110 valence electrons. The van der Waals surface area contributed by atoms with Crippen molar-refractivity contribution in [2.75, 3.05) is 17.7 Å². The lowest BCUT2D eigenvalue weighted by molar-refractivity contribution is 0.0694. The number of anilines is 2. The maximum absolute atomic E-state index is 13.0. The highest BCUT2D eigenvalue weighted by molar-refractivity contribution is 7.99. The van der Waals surface area contributed by atoms with Gasteiger partial charge in [0.2, 0.25) is 0 Å². The lowest BCUT2D eigenvalue weighted by atomic mass is 10.1. The summed E-state index contributed by atoms with van der Waals surface area (Å²) in [5.41, 5.74) is 1.60. The molecule has 0 heterocycles. The summed E-state index contributed by atoms with van der Waals surface area (Å²) in [5.74, 6) is -0.485. The second-order valence-corrected chi connectivity index (χ2v) is 5.73. The molecule has 0 saturated carbocycles. The SMILES string of the molecule is CCSc1cccc(N(C)c2ccc(F)cc2)c1C(=O)O. The van der Waals surface area contributed by atoms with Gasteiger partial charge in [0.1, 0.15) is 5.82 Å². The summed E-state index contributed by atoms with van der Waals surface area (Å²) in [5, 5.41) is 9.51. The third kappa shape index (κ3) is 3.36. The molecule has 0 aromatic heterocycles. The molecule has 0 amide bonds. The van der Waals surface area contributed by atoms with Crippen molar-refractivity contribution in [3.8, 4) is 0 Å². The summed E-state index contributed by atoms with van der Waals surface area (Å²) in [6, 6.07) is 11.4. The maximum Gasteiger partial charge on any atom is 0.338 e. The van der Waals surface area contributed by atoms with Gasteiger partial charge in [-0.2, -0.15) is 0 Å². The van der Waals surface area contributed by atoms with Crippen LogP contribution in [0.1, 0.15) is 17.3 Å². The van der Waals surface area contributed by atoms with Crippen LogP contribution < -0.4 is 4.90 Å². The minimum Gasteiger partial charge on any atom is -0.478 e. The Kier molecular flexibility index (Phi) is 4.85. The monoisotopic (exact) mass is 305 g/mol. The van der Waals surface area contributed by atoms with Crippen LogP contribution in [0.25, 0.3) is 0 Å². The predicted molar refractivity (Wildman–Crippen MR) is 84.3 cm³/mol. The molecular formula is C16H16FNO2S. The van der Waals surface area contributed by atoms with Gasteiger partial charge in [-0.25, -0.2) is 9.18 Å². The molecule has 0 radical (unpaired) electrons. The summed E-state index contributed by atoms with van der Waals surface area (Å²) < 4.78 is 13.0. The summed E-state index contributed by atoms with van der Waals surface area (Å²) in [4.78, 5) is 14.1. The van der Waals surface area contributed by atoms with Crippen molar-refractivity contribution in [2.24, 2.45) is 0 Å². The van der Waals surface area contributed by atoms with Crippen molar-refractivity contribution < 1.29 is 14.3 Å². The molecule has 0 atom stereocenters. The van der Waals surface area contributed by atoms with Crippen LogP contribution in [0.3, 0.4) is 0 Å². The summed E-state index contributed by atoms with van der Waals surface area (Å²) in [6.07, 6.45) is 0. The molecule has 0 bridgehead atoms. The highest BCUT2D eigenvalue weighted by Gasteiger charge is 2.18. The van der Waals surface area contributed by atoms with Crippen LogP contribution in [-0.2, 0) is 0 Å². The minimum atomic E-state index is -0.962. The molecule has 3 nitrogen and oxygen atoms in total. The fourth-order valence-electron chi connectivity index (χ4n) is 2.09. The number of hydrogen-bond acceptors (Lipinski definition) is 3. The van der Waals surface area contributed by atoms with Crippen molar-refractivity contribution in [1.29, 1.82) is 0 Å². The normalized spacial score (nSPS) is 10.4. The lowest BCUT2D eigenvalue weighted by Crippen LogP contribution is -2.15. The van der Waals surface area contributed by atoms with Crippen LogP contribution in [0.4, 0.5) is 15.8 Å². The molecule has 1 N–H and O–H groups in total. The van der Waals surface area contributed by atoms with Crippen LogP contribution >= 0.6 is 11.8 Å². The topological polar surface area (TPSA) is 40.5 Å². The standard InChI is InChI=1S/C16H16FNO2S/c1-3-21-14-6-4-5-13(15(14)16(19)20)18(2)12-9-7-11(17)8-10-12/h4-10H,3H2,1-2H3,(H,19,20). The summed E-state index contributed by atoms with van der Waals surface area (Å²) in [7, 11) is 1.77. The molecule has 0 saturated heterocycles. The van der Waals surface area contributed by atoms with E-state index in [9.17, 15) is 14.3 Å². The van der Waals surface area contributed by atoms with E-state index in [1.165, 1.54) is 23.9 Å². The van der Waals surface area contributed by atoms with Crippen LogP contribution in [0.5, 0.6) is 0 Å². The Morgan fingerprint density at radius 2 is 1.90 bits per heavy atom. The second kappa shape index (κ2) is 6.63. The number of carbonyl (C=O) groups is 1. The second-order valence-electron chi connectivity index (χ2n) is 4.42. The molecule has 0 spiro atoms. The van der Waals surface area contributed by atoms with E-state index in [1.54, 1.807) is 36.2 Å². The van der Waals surface area contributed by atoms with Crippen LogP contribution in [0, 0.1) is 5.82 Å². The molecule has 0 unspecified atom stereocenters. The minimum absolute atomic E-state index is 0.274. The van der Waals surface area contributed by atoms with E-state index >= 15 is 0 Å². The number of carboxylic acids is 1. The van der Waals surface area contributed by atoms with Gasteiger partial charge >= 0.3 is 5.97 Å². The van der Waals surface area contributed by atoms with Gasteiger partial charge < -0.3 is 10.0 Å². The van der Waals surface area contributed by atoms with Gasteiger partial charge in [-0.15, -0.1) is 11.8 Å². The Morgan fingerprint density at radius 1 is 1.24 bits per heavy atom. The van der Waals surface area contributed by atoms with E-state index in [0.29, 0.717) is 5.69 Å². The molecular weight excluding hydrogens is 289 g/mol. The summed E-state index contributed by atoms with van der Waals surface area (Å²) >= 11 is 1.49. The molecule has 0 aliphatic rings. The van der Waals surface area contributed by atoms with E-state index in [4.69, 9.17) is 0 Å². The molecule has 0 fully saturated rings. The smallest absolute Gasteiger partial charge is 0.338 e. The van der Waals surface area contributed by atoms with Crippen molar-refractivity contribution in [1.82, 2.24) is 0 Å². The van der Waals surface area contributed by atoms with Crippen LogP contribution in [0.15, 0.2) is 47.4 Å². The first kappa shape index (κ1) is 15.4. The third-order valence-electron chi connectivity index (χ3n) is 3.09. The first-order valence-electron chi connectivity index (χ1n) is 6.53. The highest BCUT2D eigenvalue weighted by atomic mass is 32.2. The van der Waals surface area contributed by atoms with Crippen molar-refractivity contribution in [3.05, 3.63) is 53.8 Å². The number of aromatic carboxylic acids is 1. The van der Waals surface area contributed by atoms with E-state index in [-0.39, 0.29) is 11.4 Å². The lowest BCUT2D eigenvalue weighted by Gasteiger charge is -2.22. The van der Waals surface area contributed by atoms with E-state index in [0.717, 1.165) is 16.3 Å². The number of rotatable bonds is 5. The number of thioether (sulfide) groups is 1. The summed E-state index contributed by atoms with van der Waals surface area (Å²) in [6.45, 7) is 1.98. The van der Waals surface area contributed by atoms with E-state index in [2.05, 4.69) is 0 Å². The van der Waals surface area contributed by atoms with Crippen molar-refractivity contribution >= 4 is 29.1 Å². The van der Waals surface area contributed by atoms with Gasteiger partial charge in [0, 0.05) is 17.6 Å². The van der Waals surface area contributed by atoms with Crippen molar-refractivity contribution in [2.45, 2.75) is 11.8 Å². The first-order valence-corrected chi connectivity index (χ1v) is 7.51. The Balaban J connectivity index is 2.49. The molecule has 0 aliphatic heterocycles. The fraction of sp³-hybridized carbons (Fsp3) is 0.188. The molecule has 2 aromatic carbocycles. The van der Waals surface area contributed by atoms with Crippen LogP contribution in [-0.4, -0.2) is 23.9 Å². The van der Waals surface area contributed by atoms with Gasteiger partial charge in [-0.1, -0.05) is 13.0 Å². The first-order chi connectivity index (χ1) is 10.0.